The molecule has 0 amide bonds. The minimum absolute atomic E-state index is 0.00910. The number of hydrogen-bond acceptors (Lipinski definition) is 8. The van der Waals surface area contributed by atoms with Gasteiger partial charge >= 0.3 is 5.97 Å². The van der Waals surface area contributed by atoms with Crippen LogP contribution in [-0.4, -0.2) is 69.3 Å². The lowest BCUT2D eigenvalue weighted by Crippen LogP contribution is -2.62. The van der Waals surface area contributed by atoms with E-state index in [0.717, 1.165) is 30.2 Å². The van der Waals surface area contributed by atoms with Crippen LogP contribution in [0.4, 0.5) is 0 Å². The van der Waals surface area contributed by atoms with Gasteiger partial charge in [0.15, 0.2) is 5.69 Å². The molecule has 216 valence electrons. The van der Waals surface area contributed by atoms with Gasteiger partial charge in [-0.1, -0.05) is 43.0 Å². The van der Waals surface area contributed by atoms with Crippen LogP contribution < -0.4 is 5.56 Å². The van der Waals surface area contributed by atoms with Crippen molar-refractivity contribution in [3.8, 4) is 0 Å². The predicted molar refractivity (Wildman–Crippen MR) is 152 cm³/mol. The Morgan fingerprint density at radius 1 is 1.00 bits per heavy atom. The number of benzene rings is 1. The highest BCUT2D eigenvalue weighted by Crippen LogP contribution is 2.44. The third-order valence-electron chi connectivity index (χ3n) is 9.75. The van der Waals surface area contributed by atoms with E-state index in [2.05, 4.69) is 15.0 Å². The van der Waals surface area contributed by atoms with Crippen LogP contribution in [0.2, 0.25) is 0 Å². The van der Waals surface area contributed by atoms with E-state index in [1.807, 2.05) is 28.8 Å². The van der Waals surface area contributed by atoms with Gasteiger partial charge < -0.3 is 19.2 Å². The summed E-state index contributed by atoms with van der Waals surface area (Å²) in [6, 6.07) is 8.83. The number of fused-ring (bicyclic) bond motifs is 5. The molecule has 1 aromatic carbocycles. The molecule has 40 heavy (non-hydrogen) atoms. The average molecular weight is 551 g/mol. The average Bonchev–Trinajstić information content (AvgIpc) is 3.12. The molecule has 4 fully saturated rings. The number of nitrogens with zero attached hydrogens (tertiary/aromatic N) is 4. The number of hydrogen-bond donors (Lipinski definition) is 1. The topological polar surface area (TPSA) is 106 Å². The Bertz CT molecular complexity index is 1280. The molecule has 2 saturated heterocycles. The fourth-order valence-electron chi connectivity index (χ4n) is 8.21. The Kier molecular flexibility index (Phi) is 8.21. The Morgan fingerprint density at radius 2 is 1.70 bits per heavy atom. The van der Waals surface area contributed by atoms with Crippen molar-refractivity contribution in [1.82, 2.24) is 14.5 Å². The molecule has 1 aromatic heterocycles. The molecule has 0 radical (unpaired) electrons. The van der Waals surface area contributed by atoms with Gasteiger partial charge in [-0.25, -0.2) is 4.98 Å². The third kappa shape index (κ3) is 5.42. The second-order valence-electron chi connectivity index (χ2n) is 12.3. The summed E-state index contributed by atoms with van der Waals surface area (Å²) in [4.78, 5) is 33.5. The second-order valence-corrected chi connectivity index (χ2v) is 12.3. The second kappa shape index (κ2) is 12.0. The van der Waals surface area contributed by atoms with E-state index in [-0.39, 0.29) is 54.5 Å². The zero-order chi connectivity index (χ0) is 27.6. The minimum Gasteiger partial charge on any atom is -0.466 e. The van der Waals surface area contributed by atoms with Crippen LogP contribution in [0.25, 0.3) is 11.0 Å². The molecule has 9 nitrogen and oxygen atoms in total. The van der Waals surface area contributed by atoms with Gasteiger partial charge in [0.25, 0.3) is 5.56 Å². The normalized spacial score (nSPS) is 31.1. The van der Waals surface area contributed by atoms with Gasteiger partial charge in [-0.3, -0.25) is 14.5 Å². The molecule has 2 aliphatic heterocycles. The van der Waals surface area contributed by atoms with Crippen molar-refractivity contribution in [2.75, 3.05) is 19.8 Å². The summed E-state index contributed by atoms with van der Waals surface area (Å²) in [6.45, 7) is 3.42. The van der Waals surface area contributed by atoms with Crippen molar-refractivity contribution < 1.29 is 19.5 Å². The lowest BCUT2D eigenvalue weighted by Gasteiger charge is -2.54. The predicted octanol–water partition coefficient (Wildman–Crippen LogP) is 4.68. The fraction of sp³-hybridized carbons (Fsp3) is 0.677. The zero-order valence-electron chi connectivity index (χ0n) is 23.5. The maximum Gasteiger partial charge on any atom is 0.306 e. The first-order chi connectivity index (χ1) is 19.6. The molecule has 3 heterocycles. The standard InChI is InChI=1S/C31H42N4O5/c1-2-40-29(36)12-11-27(33-38)30-31(37)35(28-10-6-5-9-26(28)32-30)23-16-24-18-39-19-25(17-23)34(24)22-14-20-7-3-4-8-21(13-20)15-22/h5-6,9-10,20-25,38H,2-4,7-8,11-19H2,1H3/b33-27+/t20?,21?,22?,23?,24-,25+. The van der Waals surface area contributed by atoms with E-state index in [9.17, 15) is 14.8 Å². The van der Waals surface area contributed by atoms with Crippen LogP contribution in [0, 0.1) is 11.8 Å². The maximum absolute atomic E-state index is 14.1. The minimum atomic E-state index is -0.396. The number of rotatable bonds is 7. The number of oxime groups is 1. The van der Waals surface area contributed by atoms with Gasteiger partial charge in [0.05, 0.1) is 37.3 Å². The number of piperidine rings is 1. The van der Waals surface area contributed by atoms with Crippen LogP contribution in [0.15, 0.2) is 34.2 Å². The molecule has 5 atom stereocenters. The van der Waals surface area contributed by atoms with E-state index in [1.54, 1.807) is 6.92 Å². The SMILES string of the molecule is CCOC(=O)CC/C(=N\O)c1nc2ccccc2n(C2C[C@H]3COC[C@@H](C2)N3C2CC3CCCCC(C3)C2)c1=O. The highest BCUT2D eigenvalue weighted by atomic mass is 16.5. The summed E-state index contributed by atoms with van der Waals surface area (Å²) >= 11 is 0. The van der Waals surface area contributed by atoms with Crippen molar-refractivity contribution in [3.63, 3.8) is 0 Å². The number of aromatic nitrogens is 2. The molecule has 0 spiro atoms. The first-order valence-electron chi connectivity index (χ1n) is 15.3. The fourth-order valence-corrected chi connectivity index (χ4v) is 8.21. The molecule has 2 saturated carbocycles. The van der Waals surface area contributed by atoms with Crippen molar-refractivity contribution in [2.45, 2.75) is 102 Å². The Morgan fingerprint density at radius 3 is 2.38 bits per heavy atom. The summed E-state index contributed by atoms with van der Waals surface area (Å²) in [5.41, 5.74) is 1.42. The first kappa shape index (κ1) is 27.4. The first-order valence-corrected chi connectivity index (χ1v) is 15.3. The Labute approximate surface area is 235 Å². The quantitative estimate of drug-likeness (QED) is 0.231. The van der Waals surface area contributed by atoms with Gasteiger partial charge in [-0.2, -0.15) is 0 Å². The number of esters is 1. The number of para-hydroxylation sites is 2. The maximum atomic E-state index is 14.1. The molecule has 2 aromatic rings. The van der Waals surface area contributed by atoms with E-state index < -0.39 is 5.97 Å². The van der Waals surface area contributed by atoms with Crippen molar-refractivity contribution in [2.24, 2.45) is 17.0 Å². The molecule has 6 rings (SSSR count). The van der Waals surface area contributed by atoms with Crippen molar-refractivity contribution in [3.05, 3.63) is 40.3 Å². The molecule has 1 N–H and O–H groups in total. The Balaban J connectivity index is 1.30. The monoisotopic (exact) mass is 550 g/mol. The summed E-state index contributed by atoms with van der Waals surface area (Å²) in [6.07, 6.45) is 11.3. The van der Waals surface area contributed by atoms with Crippen LogP contribution >= 0.6 is 0 Å². The van der Waals surface area contributed by atoms with E-state index in [0.29, 0.717) is 24.8 Å². The van der Waals surface area contributed by atoms with Crippen LogP contribution in [0.5, 0.6) is 0 Å². The van der Waals surface area contributed by atoms with Crippen LogP contribution in [-0.2, 0) is 14.3 Å². The van der Waals surface area contributed by atoms with Crippen LogP contribution in [0.1, 0.15) is 89.3 Å². The summed E-state index contributed by atoms with van der Waals surface area (Å²) < 4.78 is 13.0. The molecular weight excluding hydrogens is 508 g/mol. The summed E-state index contributed by atoms with van der Waals surface area (Å²) in [5.74, 6) is 1.31. The number of carbonyl (C=O) groups excluding carboxylic acids is 1. The number of carbonyl (C=O) groups is 1. The Hall–Kier alpha value is -2.78. The molecule has 3 unspecified atom stereocenters. The molecule has 9 heteroatoms. The van der Waals surface area contributed by atoms with E-state index in [4.69, 9.17) is 9.47 Å². The third-order valence-corrected chi connectivity index (χ3v) is 9.75. The van der Waals surface area contributed by atoms with Gasteiger partial charge in [0, 0.05) is 30.6 Å². The molecule has 4 bridgehead atoms. The van der Waals surface area contributed by atoms with Gasteiger partial charge in [0.2, 0.25) is 0 Å². The highest BCUT2D eigenvalue weighted by Gasteiger charge is 2.45. The van der Waals surface area contributed by atoms with E-state index in [1.165, 1.54) is 44.9 Å². The molecule has 2 aliphatic carbocycles. The number of ether oxygens (including phenoxy) is 2. The van der Waals surface area contributed by atoms with Gasteiger partial charge in [-0.15, -0.1) is 0 Å². The summed E-state index contributed by atoms with van der Waals surface area (Å²) in [7, 11) is 0. The lowest BCUT2D eigenvalue weighted by molar-refractivity contribution is -0.142. The molecule has 4 aliphatic rings. The number of morpholine rings is 1. The van der Waals surface area contributed by atoms with E-state index >= 15 is 0 Å². The van der Waals surface area contributed by atoms with Crippen molar-refractivity contribution >= 4 is 22.7 Å². The smallest absolute Gasteiger partial charge is 0.306 e. The molecular formula is C31H42N4O5. The van der Waals surface area contributed by atoms with Gasteiger partial charge in [0.1, 0.15) is 5.71 Å². The van der Waals surface area contributed by atoms with Crippen molar-refractivity contribution in [1.29, 1.82) is 0 Å². The zero-order valence-corrected chi connectivity index (χ0v) is 23.5. The largest absolute Gasteiger partial charge is 0.466 e. The highest BCUT2D eigenvalue weighted by molar-refractivity contribution is 6.00. The van der Waals surface area contributed by atoms with Gasteiger partial charge in [-0.05, 0) is 63.0 Å². The van der Waals surface area contributed by atoms with Crippen LogP contribution in [0.3, 0.4) is 0 Å². The summed E-state index contributed by atoms with van der Waals surface area (Å²) in [5, 5.41) is 13.3. The lowest BCUT2D eigenvalue weighted by atomic mass is 9.75.